The van der Waals surface area contributed by atoms with E-state index in [1.165, 1.54) is 0 Å². The molecule has 0 aliphatic carbocycles. The third-order valence-electron chi connectivity index (χ3n) is 3.31. The summed E-state index contributed by atoms with van der Waals surface area (Å²) in [5, 5.41) is 2.86. The molecule has 6 nitrogen and oxygen atoms in total. The van der Waals surface area contributed by atoms with E-state index in [4.69, 9.17) is 14.2 Å². The summed E-state index contributed by atoms with van der Waals surface area (Å²) in [6.45, 7) is 0.420. The Balaban J connectivity index is 1.91. The maximum Gasteiger partial charge on any atom is 0.224 e. The second-order valence-corrected chi connectivity index (χ2v) is 4.85. The summed E-state index contributed by atoms with van der Waals surface area (Å²) in [4.78, 5) is 16.1. The molecule has 0 saturated carbocycles. The summed E-state index contributed by atoms with van der Waals surface area (Å²) >= 11 is 0. The van der Waals surface area contributed by atoms with Gasteiger partial charge in [0, 0.05) is 18.8 Å². The lowest BCUT2D eigenvalue weighted by Gasteiger charge is -2.10. The van der Waals surface area contributed by atoms with Gasteiger partial charge in [-0.1, -0.05) is 12.1 Å². The van der Waals surface area contributed by atoms with Gasteiger partial charge in [-0.15, -0.1) is 0 Å². The Hall–Kier alpha value is -2.76. The first-order chi connectivity index (χ1) is 11.2. The normalized spacial score (nSPS) is 10.0. The molecule has 1 amide bonds. The molecular weight excluding hydrogens is 296 g/mol. The second kappa shape index (κ2) is 8.03. The first-order valence-corrected chi connectivity index (χ1v) is 7.12. The zero-order valence-corrected chi connectivity index (χ0v) is 13.5. The van der Waals surface area contributed by atoms with Crippen molar-refractivity contribution >= 4 is 5.91 Å². The molecule has 1 aromatic carbocycles. The van der Waals surface area contributed by atoms with Gasteiger partial charge in [0.15, 0.2) is 11.5 Å². The number of amides is 1. The predicted molar refractivity (Wildman–Crippen MR) is 85.9 cm³/mol. The quantitative estimate of drug-likeness (QED) is 0.845. The molecule has 0 fully saturated rings. The second-order valence-electron chi connectivity index (χ2n) is 4.85. The summed E-state index contributed by atoms with van der Waals surface area (Å²) in [6, 6.07) is 9.05. The maximum absolute atomic E-state index is 12.0. The van der Waals surface area contributed by atoms with Gasteiger partial charge < -0.3 is 19.5 Å². The topological polar surface area (TPSA) is 69.7 Å². The van der Waals surface area contributed by atoms with E-state index >= 15 is 0 Å². The van der Waals surface area contributed by atoms with Crippen LogP contribution in [0.3, 0.4) is 0 Å². The van der Waals surface area contributed by atoms with Crippen LogP contribution < -0.4 is 19.5 Å². The van der Waals surface area contributed by atoms with E-state index in [2.05, 4.69) is 10.3 Å². The highest BCUT2D eigenvalue weighted by atomic mass is 16.5. The van der Waals surface area contributed by atoms with Gasteiger partial charge in [-0.2, -0.15) is 0 Å². The van der Waals surface area contributed by atoms with Gasteiger partial charge in [0.1, 0.15) is 0 Å². The third-order valence-corrected chi connectivity index (χ3v) is 3.31. The van der Waals surface area contributed by atoms with Crippen LogP contribution in [0.1, 0.15) is 11.1 Å². The molecular formula is C17H20N2O4. The van der Waals surface area contributed by atoms with Crippen LogP contribution in [-0.4, -0.2) is 32.2 Å². The average Bonchev–Trinajstić information content (AvgIpc) is 2.60. The van der Waals surface area contributed by atoms with Gasteiger partial charge in [-0.3, -0.25) is 4.79 Å². The number of rotatable bonds is 7. The van der Waals surface area contributed by atoms with Crippen LogP contribution in [0, 0.1) is 0 Å². The van der Waals surface area contributed by atoms with Crippen molar-refractivity contribution in [2.24, 2.45) is 0 Å². The van der Waals surface area contributed by atoms with Crippen LogP contribution in [0.5, 0.6) is 17.4 Å². The predicted octanol–water partition coefficient (Wildman–Crippen LogP) is 1.97. The first-order valence-electron chi connectivity index (χ1n) is 7.12. The van der Waals surface area contributed by atoms with Crippen molar-refractivity contribution < 1.29 is 19.0 Å². The smallest absolute Gasteiger partial charge is 0.224 e. The van der Waals surface area contributed by atoms with Crippen molar-refractivity contribution in [3.63, 3.8) is 0 Å². The minimum atomic E-state index is -0.0759. The summed E-state index contributed by atoms with van der Waals surface area (Å²) in [5.41, 5.74) is 1.76. The highest BCUT2D eigenvalue weighted by molar-refractivity contribution is 5.78. The SMILES string of the molecule is COc1ccc(CNC(=O)Cc2ccc(OC)c(OC)c2)cn1. The van der Waals surface area contributed by atoms with Crippen molar-refractivity contribution in [3.8, 4) is 17.4 Å². The van der Waals surface area contributed by atoms with Crippen molar-refractivity contribution in [1.29, 1.82) is 0 Å². The molecule has 6 heteroatoms. The zero-order valence-electron chi connectivity index (χ0n) is 13.5. The highest BCUT2D eigenvalue weighted by Crippen LogP contribution is 2.27. The fourth-order valence-corrected chi connectivity index (χ4v) is 2.08. The van der Waals surface area contributed by atoms with Crippen molar-refractivity contribution in [3.05, 3.63) is 47.7 Å². The summed E-state index contributed by atoms with van der Waals surface area (Å²) in [5.74, 6) is 1.72. The molecule has 2 aromatic rings. The molecule has 0 aliphatic rings. The fraction of sp³-hybridized carbons (Fsp3) is 0.294. The Bertz CT molecular complexity index is 656. The number of ether oxygens (including phenoxy) is 3. The minimum absolute atomic E-state index is 0.0759. The summed E-state index contributed by atoms with van der Waals surface area (Å²) in [7, 11) is 4.71. The van der Waals surface area contributed by atoms with Gasteiger partial charge in [-0.25, -0.2) is 4.98 Å². The molecule has 122 valence electrons. The first kappa shape index (κ1) is 16.6. The van der Waals surface area contributed by atoms with Crippen molar-refractivity contribution in [2.75, 3.05) is 21.3 Å². The van der Waals surface area contributed by atoms with Gasteiger partial charge in [0.2, 0.25) is 11.8 Å². The maximum atomic E-state index is 12.0. The van der Waals surface area contributed by atoms with Gasteiger partial charge in [-0.05, 0) is 23.3 Å². The van der Waals surface area contributed by atoms with Crippen LogP contribution in [0.2, 0.25) is 0 Å². The zero-order chi connectivity index (χ0) is 16.7. The largest absolute Gasteiger partial charge is 0.493 e. The Morgan fingerprint density at radius 2 is 1.74 bits per heavy atom. The number of nitrogens with one attached hydrogen (secondary N) is 1. The van der Waals surface area contributed by atoms with Crippen molar-refractivity contribution in [2.45, 2.75) is 13.0 Å². The van der Waals surface area contributed by atoms with Gasteiger partial charge >= 0.3 is 0 Å². The lowest BCUT2D eigenvalue weighted by atomic mass is 10.1. The fourth-order valence-electron chi connectivity index (χ4n) is 2.08. The van der Waals surface area contributed by atoms with E-state index in [1.54, 1.807) is 45.7 Å². The number of carbonyl (C=O) groups is 1. The minimum Gasteiger partial charge on any atom is -0.493 e. The molecule has 0 radical (unpaired) electrons. The highest BCUT2D eigenvalue weighted by Gasteiger charge is 2.08. The summed E-state index contributed by atoms with van der Waals surface area (Å²) in [6.07, 6.45) is 1.94. The Labute approximate surface area is 135 Å². The third kappa shape index (κ3) is 4.60. The van der Waals surface area contributed by atoms with Crippen LogP contribution in [0.4, 0.5) is 0 Å². The van der Waals surface area contributed by atoms with Crippen LogP contribution in [0.15, 0.2) is 36.5 Å². The number of pyridine rings is 1. The molecule has 1 aromatic heterocycles. The summed E-state index contributed by atoms with van der Waals surface area (Å²) < 4.78 is 15.4. The average molecular weight is 316 g/mol. The molecule has 0 saturated heterocycles. The van der Waals surface area contributed by atoms with E-state index in [1.807, 2.05) is 12.1 Å². The molecule has 2 rings (SSSR count). The van der Waals surface area contributed by atoms with E-state index in [9.17, 15) is 4.79 Å². The Morgan fingerprint density at radius 3 is 2.35 bits per heavy atom. The number of hydrogen-bond donors (Lipinski definition) is 1. The molecule has 1 N–H and O–H groups in total. The number of aromatic nitrogens is 1. The number of benzene rings is 1. The number of carbonyl (C=O) groups excluding carboxylic acids is 1. The standard InChI is InChI=1S/C17H20N2O4/c1-21-14-6-4-12(8-15(14)22-2)9-16(20)18-10-13-5-7-17(23-3)19-11-13/h4-8,11H,9-10H2,1-3H3,(H,18,20). The van der Waals surface area contributed by atoms with E-state index in [0.717, 1.165) is 11.1 Å². The molecule has 0 atom stereocenters. The van der Waals surface area contributed by atoms with Gasteiger partial charge in [0.05, 0.1) is 27.8 Å². The van der Waals surface area contributed by atoms with Crippen LogP contribution in [-0.2, 0) is 17.8 Å². The number of hydrogen-bond acceptors (Lipinski definition) is 5. The molecule has 0 unspecified atom stereocenters. The van der Waals surface area contributed by atoms with Crippen LogP contribution >= 0.6 is 0 Å². The number of methoxy groups -OCH3 is 3. The van der Waals surface area contributed by atoms with Gasteiger partial charge in [0.25, 0.3) is 0 Å². The van der Waals surface area contributed by atoms with E-state index in [0.29, 0.717) is 23.9 Å². The Morgan fingerprint density at radius 1 is 1.00 bits per heavy atom. The lowest BCUT2D eigenvalue weighted by Crippen LogP contribution is -2.24. The molecule has 0 aliphatic heterocycles. The van der Waals surface area contributed by atoms with Crippen LogP contribution in [0.25, 0.3) is 0 Å². The van der Waals surface area contributed by atoms with E-state index < -0.39 is 0 Å². The lowest BCUT2D eigenvalue weighted by molar-refractivity contribution is -0.120. The number of nitrogens with zero attached hydrogens (tertiary/aromatic N) is 1. The monoisotopic (exact) mass is 316 g/mol. The molecule has 23 heavy (non-hydrogen) atoms. The molecule has 0 bridgehead atoms. The molecule has 0 spiro atoms. The Kier molecular flexibility index (Phi) is 5.80. The van der Waals surface area contributed by atoms with Crippen molar-refractivity contribution in [1.82, 2.24) is 10.3 Å². The molecule has 1 heterocycles. The van der Waals surface area contributed by atoms with E-state index in [-0.39, 0.29) is 12.3 Å².